The van der Waals surface area contributed by atoms with Crippen LogP contribution in [-0.4, -0.2) is 51.9 Å². The van der Waals surface area contributed by atoms with Crippen molar-refractivity contribution >= 4 is 25.4 Å². The van der Waals surface area contributed by atoms with Crippen LogP contribution in [0.15, 0.2) is 66.1 Å². The van der Waals surface area contributed by atoms with Crippen LogP contribution in [0.2, 0.25) is 13.1 Å². The summed E-state index contributed by atoms with van der Waals surface area (Å²) in [6.07, 6.45) is 0. The normalized spacial score (nSPS) is 17.7. The van der Waals surface area contributed by atoms with Crippen LogP contribution in [0, 0.1) is 0 Å². The minimum Gasteiger partial charge on any atom is -0.326 e. The zero-order valence-electron chi connectivity index (χ0n) is 16.2. The van der Waals surface area contributed by atoms with Crippen molar-refractivity contribution in [2.45, 2.75) is 20.0 Å². The molecule has 1 fully saturated rings. The molecule has 0 amide bonds. The van der Waals surface area contributed by atoms with Crippen molar-refractivity contribution in [3.8, 4) is 0 Å². The summed E-state index contributed by atoms with van der Waals surface area (Å²) in [7, 11) is 2.68. The average Bonchev–Trinajstić information content (AvgIpc) is 2.95. The standard InChI is InChI=1S/C21H29BN2Si/c1-18(22-23(2)16-17-24(22)3)21(19-12-8-6-9-13-19)25(4,5)20-14-10-7-11-15-20/h6-15H,16-17H2,1-5H3/b21-18-. The number of allylic oxidation sites excluding steroid dienone is 1. The minimum atomic E-state index is -1.81. The van der Waals surface area contributed by atoms with E-state index in [4.69, 9.17) is 0 Å². The van der Waals surface area contributed by atoms with Crippen LogP contribution in [0.25, 0.3) is 5.20 Å². The average molecular weight is 348 g/mol. The highest BCUT2D eigenvalue weighted by atomic mass is 28.3. The zero-order chi connectivity index (χ0) is 18.0. The van der Waals surface area contributed by atoms with Gasteiger partial charge in [0.2, 0.25) is 0 Å². The highest BCUT2D eigenvalue weighted by Gasteiger charge is 2.39. The lowest BCUT2D eigenvalue weighted by Gasteiger charge is -2.33. The summed E-state index contributed by atoms with van der Waals surface area (Å²) in [4.78, 5) is 4.96. The summed E-state index contributed by atoms with van der Waals surface area (Å²) >= 11 is 0. The molecule has 2 nitrogen and oxygen atoms in total. The molecule has 2 aromatic carbocycles. The van der Waals surface area contributed by atoms with Crippen LogP contribution in [0.3, 0.4) is 0 Å². The first-order valence-corrected chi connectivity index (χ1v) is 12.2. The van der Waals surface area contributed by atoms with Crippen molar-refractivity contribution in [3.05, 3.63) is 71.7 Å². The van der Waals surface area contributed by atoms with E-state index in [0.717, 1.165) is 13.1 Å². The molecule has 0 aliphatic carbocycles. The topological polar surface area (TPSA) is 6.48 Å². The maximum absolute atomic E-state index is 2.49. The molecule has 130 valence electrons. The van der Waals surface area contributed by atoms with Gasteiger partial charge in [0.05, 0.1) is 0 Å². The number of likely N-dealkylation sites (N-methyl/N-ethyl adjacent to an activating group) is 2. The number of rotatable bonds is 4. The quantitative estimate of drug-likeness (QED) is 0.780. The Morgan fingerprint density at radius 1 is 0.840 bits per heavy atom. The molecule has 3 rings (SSSR count). The third-order valence-corrected chi connectivity index (χ3v) is 9.31. The Morgan fingerprint density at radius 2 is 1.32 bits per heavy atom. The number of benzene rings is 2. The Bertz CT molecular complexity index is 733. The van der Waals surface area contributed by atoms with Gasteiger partial charge in [-0.25, -0.2) is 0 Å². The van der Waals surface area contributed by atoms with E-state index in [-0.39, 0.29) is 0 Å². The van der Waals surface area contributed by atoms with Gasteiger partial charge in [0.25, 0.3) is 0 Å². The fraction of sp³-hybridized carbons (Fsp3) is 0.333. The van der Waals surface area contributed by atoms with Crippen molar-refractivity contribution < 1.29 is 0 Å². The summed E-state index contributed by atoms with van der Waals surface area (Å²) in [6, 6.07) is 22.1. The Kier molecular flexibility index (Phi) is 5.33. The SMILES string of the molecule is C/C(B1N(C)CCN1C)=C(\c1ccccc1)[Si](C)(C)c1ccccc1. The van der Waals surface area contributed by atoms with Crippen molar-refractivity contribution in [2.24, 2.45) is 0 Å². The number of hydrogen-bond donors (Lipinski definition) is 0. The lowest BCUT2D eigenvalue weighted by Crippen LogP contribution is -2.48. The molecule has 1 saturated heterocycles. The smallest absolute Gasteiger partial charge is 0.326 e. The molecule has 0 unspecified atom stereocenters. The first-order chi connectivity index (χ1) is 11.9. The molecule has 0 saturated carbocycles. The van der Waals surface area contributed by atoms with Crippen LogP contribution < -0.4 is 5.19 Å². The van der Waals surface area contributed by atoms with Crippen LogP contribution in [-0.2, 0) is 0 Å². The summed E-state index contributed by atoms with van der Waals surface area (Å²) in [5, 5.41) is 3.07. The van der Waals surface area contributed by atoms with Crippen LogP contribution >= 0.6 is 0 Å². The van der Waals surface area contributed by atoms with Crippen molar-refractivity contribution in [2.75, 3.05) is 27.2 Å². The van der Waals surface area contributed by atoms with Gasteiger partial charge < -0.3 is 9.62 Å². The maximum atomic E-state index is 2.49. The predicted molar refractivity (Wildman–Crippen MR) is 114 cm³/mol. The highest BCUT2D eigenvalue weighted by molar-refractivity contribution is 7.05. The number of hydrogen-bond acceptors (Lipinski definition) is 2. The van der Waals surface area contributed by atoms with Crippen molar-refractivity contribution in [3.63, 3.8) is 0 Å². The largest absolute Gasteiger partial charge is 0.341 e. The van der Waals surface area contributed by atoms with E-state index < -0.39 is 8.07 Å². The van der Waals surface area contributed by atoms with Gasteiger partial charge in [0, 0.05) is 13.1 Å². The second-order valence-corrected chi connectivity index (χ2v) is 12.1. The molecule has 0 bridgehead atoms. The summed E-state index contributed by atoms with van der Waals surface area (Å²) in [5.41, 5.74) is 2.89. The van der Waals surface area contributed by atoms with E-state index in [2.05, 4.69) is 104 Å². The van der Waals surface area contributed by atoms with Gasteiger partial charge in [-0.05, 0) is 26.6 Å². The summed E-state index contributed by atoms with van der Waals surface area (Å²) in [5.74, 6) is 0. The Hall–Kier alpha value is -1.62. The molecule has 0 aromatic heterocycles. The summed E-state index contributed by atoms with van der Waals surface area (Å²) < 4.78 is 0. The van der Waals surface area contributed by atoms with Gasteiger partial charge in [-0.15, -0.1) is 0 Å². The van der Waals surface area contributed by atoms with E-state index in [0.29, 0.717) is 6.98 Å². The molecule has 0 N–H and O–H groups in total. The Labute approximate surface area is 154 Å². The highest BCUT2D eigenvalue weighted by Crippen LogP contribution is 2.32. The zero-order valence-corrected chi connectivity index (χ0v) is 17.2. The molecule has 25 heavy (non-hydrogen) atoms. The maximum Gasteiger partial charge on any atom is 0.341 e. The number of nitrogens with zero attached hydrogens (tertiary/aromatic N) is 2. The second kappa shape index (κ2) is 7.32. The third-order valence-electron chi connectivity index (χ3n) is 5.61. The molecule has 0 spiro atoms. The van der Waals surface area contributed by atoms with E-state index in [9.17, 15) is 0 Å². The van der Waals surface area contributed by atoms with Gasteiger partial charge in [-0.1, -0.05) is 89.6 Å². The first kappa shape index (κ1) is 18.2. The molecule has 1 aliphatic heterocycles. The lowest BCUT2D eigenvalue weighted by molar-refractivity contribution is 0.553. The van der Waals surface area contributed by atoms with Crippen LogP contribution in [0.1, 0.15) is 12.5 Å². The summed E-state index contributed by atoms with van der Waals surface area (Å²) in [6.45, 7) is 9.99. The molecule has 4 heteroatoms. The Morgan fingerprint density at radius 3 is 1.84 bits per heavy atom. The monoisotopic (exact) mass is 348 g/mol. The lowest BCUT2D eigenvalue weighted by atomic mass is 9.65. The van der Waals surface area contributed by atoms with Gasteiger partial charge in [-0.2, -0.15) is 0 Å². The molecule has 2 aromatic rings. The minimum absolute atomic E-state index is 0.394. The van der Waals surface area contributed by atoms with Gasteiger partial charge in [0.1, 0.15) is 8.07 Å². The van der Waals surface area contributed by atoms with E-state index in [1.807, 2.05) is 0 Å². The Balaban J connectivity index is 2.19. The molecule has 1 heterocycles. The third kappa shape index (κ3) is 3.52. The van der Waals surface area contributed by atoms with E-state index in [1.165, 1.54) is 16.2 Å². The fourth-order valence-corrected chi connectivity index (χ4v) is 7.69. The van der Waals surface area contributed by atoms with E-state index >= 15 is 0 Å². The fourth-order valence-electron chi connectivity index (χ4n) is 4.37. The van der Waals surface area contributed by atoms with Gasteiger partial charge in [0.15, 0.2) is 0 Å². The molecular formula is C21H29BN2Si. The first-order valence-electron chi connectivity index (χ1n) is 9.15. The van der Waals surface area contributed by atoms with Crippen molar-refractivity contribution in [1.29, 1.82) is 0 Å². The van der Waals surface area contributed by atoms with Gasteiger partial charge >= 0.3 is 6.98 Å². The van der Waals surface area contributed by atoms with E-state index in [1.54, 1.807) is 5.20 Å². The van der Waals surface area contributed by atoms with Gasteiger partial charge in [-0.3, -0.25) is 0 Å². The molecular weight excluding hydrogens is 319 g/mol. The predicted octanol–water partition coefficient (Wildman–Crippen LogP) is 3.52. The van der Waals surface area contributed by atoms with Crippen molar-refractivity contribution in [1.82, 2.24) is 9.62 Å². The second-order valence-electron chi connectivity index (χ2n) is 7.75. The molecule has 1 aliphatic rings. The molecule has 0 atom stereocenters. The van der Waals surface area contributed by atoms with Crippen LogP contribution in [0.4, 0.5) is 0 Å². The molecule has 0 radical (unpaired) electrons. The van der Waals surface area contributed by atoms with Crippen LogP contribution in [0.5, 0.6) is 0 Å².